The number of halogens is 2. The van der Waals surface area contributed by atoms with E-state index >= 15 is 0 Å². The molecule has 0 radical (unpaired) electrons. The van der Waals surface area contributed by atoms with Crippen molar-refractivity contribution in [2.45, 2.75) is 25.3 Å². The molecule has 3 aliphatic heterocycles. The number of anilines is 1. The number of amides is 1. The number of aromatic nitrogens is 4. The molecule has 1 amide bonds. The molecule has 6 rings (SSSR count). The zero-order valence-electron chi connectivity index (χ0n) is 18.9. The lowest BCUT2D eigenvalue weighted by molar-refractivity contribution is -0.143. The van der Waals surface area contributed by atoms with Crippen LogP contribution in [0, 0.1) is 17.0 Å². The normalized spacial score (nSPS) is 22.1. The summed E-state index contributed by atoms with van der Waals surface area (Å²) in [5.74, 6) is -0.324. The van der Waals surface area contributed by atoms with Gasteiger partial charge < -0.3 is 4.90 Å². The Morgan fingerprint density at radius 1 is 1.03 bits per heavy atom. The van der Waals surface area contributed by atoms with E-state index in [2.05, 4.69) is 25.0 Å². The molecule has 3 aromatic rings. The van der Waals surface area contributed by atoms with Crippen LogP contribution in [-0.4, -0.2) is 61.9 Å². The summed E-state index contributed by atoms with van der Waals surface area (Å²) in [6, 6.07) is 7.10. The van der Waals surface area contributed by atoms with Crippen molar-refractivity contribution < 1.29 is 13.6 Å². The summed E-state index contributed by atoms with van der Waals surface area (Å²) in [6.45, 7) is 2.76. The van der Waals surface area contributed by atoms with E-state index in [0.29, 0.717) is 51.0 Å². The third kappa shape index (κ3) is 3.35. The summed E-state index contributed by atoms with van der Waals surface area (Å²) < 4.78 is 29.4. The first kappa shape index (κ1) is 21.2. The van der Waals surface area contributed by atoms with Crippen molar-refractivity contribution in [3.63, 3.8) is 0 Å². The smallest absolute Gasteiger partial charge is 0.245 e. The Hall–Kier alpha value is -3.40. The number of aryl methyl sites for hydroxylation is 1. The summed E-state index contributed by atoms with van der Waals surface area (Å²) in [7, 11) is 1.88. The van der Waals surface area contributed by atoms with Crippen LogP contribution < -0.4 is 4.90 Å². The van der Waals surface area contributed by atoms with Gasteiger partial charge in [-0.3, -0.25) is 14.5 Å². The topological polar surface area (TPSA) is 70.4 Å². The van der Waals surface area contributed by atoms with Crippen molar-refractivity contribution in [3.05, 3.63) is 60.1 Å². The highest BCUT2D eigenvalue weighted by molar-refractivity contribution is 5.85. The largest absolute Gasteiger partial charge is 0.356 e. The van der Waals surface area contributed by atoms with E-state index in [0.717, 1.165) is 23.3 Å². The predicted molar refractivity (Wildman–Crippen MR) is 120 cm³/mol. The quantitative estimate of drug-likeness (QED) is 0.593. The number of benzene rings is 1. The highest BCUT2D eigenvalue weighted by Gasteiger charge is 2.56. The number of fused-ring (bicyclic) bond motifs is 1. The minimum absolute atomic E-state index is 0.0672. The maximum atomic E-state index is 13.8. The fourth-order valence-electron chi connectivity index (χ4n) is 5.68. The molecule has 0 unspecified atom stereocenters. The molecule has 10 heteroatoms. The van der Waals surface area contributed by atoms with Gasteiger partial charge in [-0.1, -0.05) is 0 Å². The molecule has 1 atom stereocenters. The molecule has 8 nitrogen and oxygen atoms in total. The second kappa shape index (κ2) is 7.83. The number of hydrogen-bond acceptors (Lipinski definition) is 6. The zero-order valence-corrected chi connectivity index (χ0v) is 18.9. The monoisotopic (exact) mass is 465 g/mol. The van der Waals surface area contributed by atoms with Crippen LogP contribution in [0.2, 0.25) is 0 Å². The summed E-state index contributed by atoms with van der Waals surface area (Å²) in [6.07, 6.45) is 5.38. The number of hydrogen-bond donors (Lipinski definition) is 0. The first-order chi connectivity index (χ1) is 16.4. The van der Waals surface area contributed by atoms with Gasteiger partial charge in [-0.15, -0.1) is 0 Å². The Bertz CT molecular complexity index is 1230. The molecular formula is C24H25F2N7O. The molecule has 34 heavy (non-hydrogen) atoms. The van der Waals surface area contributed by atoms with Crippen molar-refractivity contribution in [2.24, 2.45) is 12.5 Å². The van der Waals surface area contributed by atoms with Crippen molar-refractivity contribution in [1.29, 1.82) is 0 Å². The average molecular weight is 466 g/mol. The fraction of sp³-hybridized carbons (Fsp3) is 0.417. The van der Waals surface area contributed by atoms with E-state index in [4.69, 9.17) is 0 Å². The molecule has 5 heterocycles. The molecule has 3 fully saturated rings. The third-order valence-electron chi connectivity index (χ3n) is 7.46. The Morgan fingerprint density at radius 3 is 2.50 bits per heavy atom. The van der Waals surface area contributed by atoms with Gasteiger partial charge in [-0.2, -0.15) is 5.10 Å². The number of rotatable bonds is 3. The molecule has 1 spiro atoms. The Balaban J connectivity index is 1.19. The lowest BCUT2D eigenvalue weighted by atomic mass is 9.77. The lowest BCUT2D eigenvalue weighted by Gasteiger charge is -2.38. The summed E-state index contributed by atoms with van der Waals surface area (Å²) in [5.41, 5.74) is 1.76. The van der Waals surface area contributed by atoms with Crippen LogP contribution in [0.4, 0.5) is 14.6 Å². The average Bonchev–Trinajstić information content (AvgIpc) is 3.50. The summed E-state index contributed by atoms with van der Waals surface area (Å²) in [5, 5.41) is 8.04. The molecular weight excluding hydrogens is 440 g/mol. The SMILES string of the molecule is Cn1nccc1-c1cc(N2CCC3(CC2)CN2CC[C@@H](c4cc(F)cc(F)c4)N2C3=O)ncn1. The molecule has 0 saturated carbocycles. The van der Waals surface area contributed by atoms with Gasteiger partial charge >= 0.3 is 0 Å². The van der Waals surface area contributed by atoms with Crippen molar-refractivity contribution in [2.75, 3.05) is 31.1 Å². The minimum Gasteiger partial charge on any atom is -0.356 e. The van der Waals surface area contributed by atoms with Crippen LogP contribution in [-0.2, 0) is 11.8 Å². The third-order valence-corrected chi connectivity index (χ3v) is 7.46. The van der Waals surface area contributed by atoms with Gasteiger partial charge in [0.05, 0.1) is 22.8 Å². The van der Waals surface area contributed by atoms with Gasteiger partial charge in [-0.25, -0.2) is 23.8 Å². The molecule has 1 aromatic carbocycles. The second-order valence-electron chi connectivity index (χ2n) is 9.41. The molecule has 176 valence electrons. The zero-order chi connectivity index (χ0) is 23.4. The van der Waals surface area contributed by atoms with E-state index < -0.39 is 17.0 Å². The van der Waals surface area contributed by atoms with Crippen LogP contribution in [0.5, 0.6) is 0 Å². The van der Waals surface area contributed by atoms with E-state index in [-0.39, 0.29) is 11.9 Å². The number of carbonyl (C=O) groups is 1. The van der Waals surface area contributed by atoms with Gasteiger partial charge in [0.1, 0.15) is 23.8 Å². The predicted octanol–water partition coefficient (Wildman–Crippen LogP) is 2.95. The standard InChI is InChI=1S/C24H25F2N7O/c1-30-21(2-6-29-30)19-13-22(28-15-27-19)31-8-4-24(5-9-31)14-32-7-3-20(33(32)23(24)34)16-10-17(25)12-18(26)11-16/h2,6,10-13,15,20H,3-5,7-9,14H2,1H3/t20-/m0/s1. The van der Waals surface area contributed by atoms with Gasteiger partial charge in [0.15, 0.2) is 0 Å². The van der Waals surface area contributed by atoms with E-state index in [1.807, 2.05) is 19.2 Å². The van der Waals surface area contributed by atoms with Gasteiger partial charge in [0.2, 0.25) is 5.91 Å². The maximum Gasteiger partial charge on any atom is 0.245 e. The number of carbonyl (C=O) groups excluding carboxylic acids is 1. The van der Waals surface area contributed by atoms with Crippen LogP contribution in [0.25, 0.3) is 11.4 Å². The van der Waals surface area contributed by atoms with Crippen LogP contribution >= 0.6 is 0 Å². The Labute approximate surface area is 195 Å². The van der Waals surface area contributed by atoms with Crippen molar-refractivity contribution in [3.8, 4) is 11.4 Å². The summed E-state index contributed by atoms with van der Waals surface area (Å²) >= 11 is 0. The van der Waals surface area contributed by atoms with Gasteiger partial charge in [0, 0.05) is 51.6 Å². The summed E-state index contributed by atoms with van der Waals surface area (Å²) in [4.78, 5) is 24.7. The maximum absolute atomic E-state index is 13.8. The minimum atomic E-state index is -0.613. The number of nitrogens with zero attached hydrogens (tertiary/aromatic N) is 7. The second-order valence-corrected chi connectivity index (χ2v) is 9.41. The first-order valence-corrected chi connectivity index (χ1v) is 11.5. The van der Waals surface area contributed by atoms with Crippen LogP contribution in [0.1, 0.15) is 30.9 Å². The number of hydrazine groups is 1. The molecule has 3 saturated heterocycles. The van der Waals surface area contributed by atoms with E-state index in [9.17, 15) is 13.6 Å². The number of piperidine rings is 1. The van der Waals surface area contributed by atoms with E-state index in [1.165, 1.54) is 12.1 Å². The molecule has 3 aliphatic rings. The van der Waals surface area contributed by atoms with E-state index in [1.54, 1.807) is 22.2 Å². The molecule has 2 aromatic heterocycles. The molecule has 0 N–H and O–H groups in total. The Kier molecular flexibility index (Phi) is 4.87. The highest BCUT2D eigenvalue weighted by atomic mass is 19.1. The Morgan fingerprint density at radius 2 is 1.79 bits per heavy atom. The molecule has 0 bridgehead atoms. The van der Waals surface area contributed by atoms with Crippen LogP contribution in [0.15, 0.2) is 42.9 Å². The highest BCUT2D eigenvalue weighted by Crippen LogP contribution is 2.47. The first-order valence-electron chi connectivity index (χ1n) is 11.5. The molecule has 0 aliphatic carbocycles. The van der Waals surface area contributed by atoms with Crippen LogP contribution in [0.3, 0.4) is 0 Å². The lowest BCUT2D eigenvalue weighted by Crippen LogP contribution is -2.46. The van der Waals surface area contributed by atoms with Crippen molar-refractivity contribution >= 4 is 11.7 Å². The van der Waals surface area contributed by atoms with Gasteiger partial charge in [-0.05, 0) is 43.0 Å². The van der Waals surface area contributed by atoms with Crippen molar-refractivity contribution in [1.82, 2.24) is 29.8 Å². The fourth-order valence-corrected chi connectivity index (χ4v) is 5.68. The van der Waals surface area contributed by atoms with Gasteiger partial charge in [0.25, 0.3) is 0 Å².